The number of fused-ring (bicyclic) bond motifs is 1. The molecule has 3 rings (SSSR count). The van der Waals surface area contributed by atoms with Crippen LogP contribution in [-0.2, 0) is 12.8 Å². The van der Waals surface area contributed by atoms with Crippen molar-refractivity contribution in [2.45, 2.75) is 25.2 Å². The van der Waals surface area contributed by atoms with Crippen LogP contribution in [-0.4, -0.2) is 15.3 Å². The van der Waals surface area contributed by atoms with Gasteiger partial charge in [0.1, 0.15) is 5.75 Å². The molecule has 2 aromatic carbocycles. The molecular formula is C16H16O3. The zero-order valence-corrected chi connectivity index (χ0v) is 10.5. The Morgan fingerprint density at radius 1 is 0.947 bits per heavy atom. The van der Waals surface area contributed by atoms with Gasteiger partial charge in [-0.3, -0.25) is 0 Å². The Balaban J connectivity index is 1.86. The molecule has 0 aliphatic heterocycles. The summed E-state index contributed by atoms with van der Waals surface area (Å²) >= 11 is 0. The van der Waals surface area contributed by atoms with E-state index in [0.717, 1.165) is 30.4 Å². The third kappa shape index (κ3) is 2.24. The minimum Gasteiger partial charge on any atom is -0.508 e. The van der Waals surface area contributed by atoms with E-state index in [-0.39, 0.29) is 17.2 Å². The highest BCUT2D eigenvalue weighted by molar-refractivity contribution is 5.49. The third-order valence-electron chi connectivity index (χ3n) is 3.86. The Morgan fingerprint density at radius 2 is 1.63 bits per heavy atom. The number of phenolic OH excluding ortho intramolecular Hbond substituents is 3. The lowest BCUT2D eigenvalue weighted by Crippen LogP contribution is -1.98. The molecule has 0 spiro atoms. The highest BCUT2D eigenvalue weighted by atomic mass is 16.3. The Bertz CT molecular complexity index is 602. The Kier molecular flexibility index (Phi) is 2.82. The van der Waals surface area contributed by atoms with Gasteiger partial charge in [-0.15, -0.1) is 0 Å². The van der Waals surface area contributed by atoms with Crippen LogP contribution in [0, 0.1) is 0 Å². The fraction of sp³-hybridized carbons (Fsp3) is 0.250. The van der Waals surface area contributed by atoms with E-state index < -0.39 is 0 Å². The summed E-state index contributed by atoms with van der Waals surface area (Å²) in [6.45, 7) is 0. The molecular weight excluding hydrogens is 240 g/mol. The normalized spacial score (nSPS) is 17.4. The van der Waals surface area contributed by atoms with Gasteiger partial charge in [-0.25, -0.2) is 0 Å². The van der Waals surface area contributed by atoms with Gasteiger partial charge in [0.25, 0.3) is 0 Å². The number of benzene rings is 2. The fourth-order valence-electron chi connectivity index (χ4n) is 2.85. The summed E-state index contributed by atoms with van der Waals surface area (Å²) in [5, 5.41) is 28.4. The molecule has 1 atom stereocenters. The van der Waals surface area contributed by atoms with Gasteiger partial charge in [0.15, 0.2) is 11.5 Å². The average molecular weight is 256 g/mol. The van der Waals surface area contributed by atoms with Crippen LogP contribution in [0.2, 0.25) is 0 Å². The Hall–Kier alpha value is -2.16. The zero-order valence-electron chi connectivity index (χ0n) is 10.5. The minimum absolute atomic E-state index is 0.0379. The fourth-order valence-corrected chi connectivity index (χ4v) is 2.85. The molecule has 0 bridgehead atoms. The van der Waals surface area contributed by atoms with Crippen LogP contribution in [0.4, 0.5) is 0 Å². The number of aryl methyl sites for hydroxylation is 1. The molecule has 0 fully saturated rings. The molecule has 0 radical (unpaired) electrons. The van der Waals surface area contributed by atoms with Crippen molar-refractivity contribution in [2.24, 2.45) is 0 Å². The molecule has 3 nitrogen and oxygen atoms in total. The smallest absolute Gasteiger partial charge is 0.157 e. The van der Waals surface area contributed by atoms with Gasteiger partial charge in [0.2, 0.25) is 0 Å². The maximum Gasteiger partial charge on any atom is 0.157 e. The first-order valence-electron chi connectivity index (χ1n) is 6.46. The summed E-state index contributed by atoms with van der Waals surface area (Å²) in [4.78, 5) is 0. The second-order valence-electron chi connectivity index (χ2n) is 5.15. The quantitative estimate of drug-likeness (QED) is 0.724. The molecule has 0 unspecified atom stereocenters. The maximum atomic E-state index is 9.62. The lowest BCUT2D eigenvalue weighted by molar-refractivity contribution is 0.402. The topological polar surface area (TPSA) is 60.7 Å². The van der Waals surface area contributed by atoms with Gasteiger partial charge in [0, 0.05) is 0 Å². The van der Waals surface area contributed by atoms with Gasteiger partial charge in [-0.1, -0.05) is 12.1 Å². The van der Waals surface area contributed by atoms with Crippen molar-refractivity contribution in [1.29, 1.82) is 0 Å². The molecule has 3 N–H and O–H groups in total. The van der Waals surface area contributed by atoms with Gasteiger partial charge >= 0.3 is 0 Å². The summed E-state index contributed by atoms with van der Waals surface area (Å²) in [6, 6.07) is 10.6. The van der Waals surface area contributed by atoms with Gasteiger partial charge < -0.3 is 15.3 Å². The lowest BCUT2D eigenvalue weighted by atomic mass is 9.93. The van der Waals surface area contributed by atoms with Gasteiger partial charge in [-0.2, -0.15) is 0 Å². The van der Waals surface area contributed by atoms with E-state index in [1.807, 2.05) is 12.1 Å². The highest BCUT2D eigenvalue weighted by Crippen LogP contribution is 2.40. The summed E-state index contributed by atoms with van der Waals surface area (Å²) in [5.74, 6) is 0.560. The predicted molar refractivity (Wildman–Crippen MR) is 72.6 cm³/mol. The molecule has 0 saturated carbocycles. The first-order chi connectivity index (χ1) is 9.13. The van der Waals surface area contributed by atoms with Crippen LogP contribution in [0.5, 0.6) is 17.2 Å². The summed E-state index contributed by atoms with van der Waals surface area (Å²) in [6.07, 6.45) is 2.85. The van der Waals surface area contributed by atoms with Crippen molar-refractivity contribution in [3.05, 3.63) is 53.1 Å². The van der Waals surface area contributed by atoms with E-state index in [2.05, 4.69) is 0 Å². The molecule has 0 amide bonds. The molecule has 1 aliphatic rings. The van der Waals surface area contributed by atoms with Crippen molar-refractivity contribution in [3.8, 4) is 17.2 Å². The first kappa shape index (κ1) is 11.9. The van der Waals surface area contributed by atoms with E-state index in [0.29, 0.717) is 5.92 Å². The van der Waals surface area contributed by atoms with Crippen LogP contribution < -0.4 is 0 Å². The van der Waals surface area contributed by atoms with Crippen molar-refractivity contribution < 1.29 is 15.3 Å². The number of hydrogen-bond acceptors (Lipinski definition) is 3. The Labute approximate surface area is 111 Å². The summed E-state index contributed by atoms with van der Waals surface area (Å²) in [5.41, 5.74) is 3.42. The lowest BCUT2D eigenvalue weighted by Gasteiger charge is -2.12. The molecule has 0 heterocycles. The number of aromatic hydroxyl groups is 3. The van der Waals surface area contributed by atoms with Crippen molar-refractivity contribution in [1.82, 2.24) is 0 Å². The van der Waals surface area contributed by atoms with E-state index in [4.69, 9.17) is 0 Å². The molecule has 2 aromatic rings. The largest absolute Gasteiger partial charge is 0.508 e. The van der Waals surface area contributed by atoms with E-state index in [1.165, 1.54) is 5.56 Å². The first-order valence-corrected chi connectivity index (χ1v) is 6.46. The molecule has 98 valence electrons. The Morgan fingerprint density at radius 3 is 2.37 bits per heavy atom. The third-order valence-corrected chi connectivity index (χ3v) is 3.86. The number of rotatable bonds is 2. The summed E-state index contributed by atoms with van der Waals surface area (Å²) < 4.78 is 0. The van der Waals surface area contributed by atoms with E-state index >= 15 is 0 Å². The molecule has 19 heavy (non-hydrogen) atoms. The van der Waals surface area contributed by atoms with Crippen LogP contribution in [0.3, 0.4) is 0 Å². The zero-order chi connectivity index (χ0) is 13.4. The monoisotopic (exact) mass is 256 g/mol. The minimum atomic E-state index is -0.0450. The number of phenols is 3. The number of hydrogen-bond donors (Lipinski definition) is 3. The second kappa shape index (κ2) is 4.50. The van der Waals surface area contributed by atoms with E-state index in [1.54, 1.807) is 24.3 Å². The molecule has 0 saturated heterocycles. The second-order valence-corrected chi connectivity index (χ2v) is 5.15. The standard InChI is InChI=1S/C16H16O3/c17-13-5-1-10(2-6-13)7-11-3-4-12-8-15(18)16(19)9-14(11)12/h1-2,5-6,8-9,11,17-19H,3-4,7H2/t11-/m0/s1. The van der Waals surface area contributed by atoms with Crippen LogP contribution >= 0.6 is 0 Å². The van der Waals surface area contributed by atoms with Gasteiger partial charge in [-0.05, 0) is 66.1 Å². The van der Waals surface area contributed by atoms with Crippen LogP contribution in [0.25, 0.3) is 0 Å². The van der Waals surface area contributed by atoms with Crippen molar-refractivity contribution in [3.63, 3.8) is 0 Å². The predicted octanol–water partition coefficient (Wildman–Crippen LogP) is 3.08. The SMILES string of the molecule is Oc1ccc(C[C@@H]2CCc3cc(O)c(O)cc32)cc1. The molecule has 1 aliphatic carbocycles. The maximum absolute atomic E-state index is 9.62. The van der Waals surface area contributed by atoms with Crippen molar-refractivity contribution >= 4 is 0 Å². The molecule has 0 aromatic heterocycles. The summed E-state index contributed by atoms with van der Waals surface area (Å²) in [7, 11) is 0. The van der Waals surface area contributed by atoms with Crippen LogP contribution in [0.1, 0.15) is 29.0 Å². The average Bonchev–Trinajstić information content (AvgIpc) is 2.76. The molecule has 3 heteroatoms. The van der Waals surface area contributed by atoms with Crippen LogP contribution in [0.15, 0.2) is 36.4 Å². The van der Waals surface area contributed by atoms with E-state index in [9.17, 15) is 15.3 Å². The van der Waals surface area contributed by atoms with Gasteiger partial charge in [0.05, 0.1) is 0 Å². The highest BCUT2D eigenvalue weighted by Gasteiger charge is 2.24. The van der Waals surface area contributed by atoms with Crippen molar-refractivity contribution in [2.75, 3.05) is 0 Å².